The number of allylic oxidation sites excluding steroid dienone is 1. The number of nitro groups is 1. The Labute approximate surface area is 205 Å². The minimum absolute atomic E-state index is 0.116. The monoisotopic (exact) mass is 501 g/mol. The number of aromatic nitrogens is 3. The summed E-state index contributed by atoms with van der Waals surface area (Å²) < 4.78 is 26.5. The number of nitrogens with zero attached hydrogens (tertiary/aromatic N) is 4. The quantitative estimate of drug-likeness (QED) is 0.172. The molecule has 3 aromatic rings. The zero-order valence-corrected chi connectivity index (χ0v) is 20.1. The highest BCUT2D eigenvalue weighted by Gasteiger charge is 2.24. The number of halogens is 1. The molecule has 2 atom stereocenters. The summed E-state index contributed by atoms with van der Waals surface area (Å²) in [7, 11) is 1.58. The number of thioether (sulfide) groups is 1. The second-order valence-electron chi connectivity index (χ2n) is 7.35. The number of carbonyl (C=O) groups excluding carboxylic acids is 1. The first kappa shape index (κ1) is 25.7. The lowest BCUT2D eigenvalue weighted by Gasteiger charge is -2.17. The number of rotatable bonds is 11. The lowest BCUT2D eigenvalue weighted by molar-refractivity contribution is -0.387. The van der Waals surface area contributed by atoms with Crippen molar-refractivity contribution in [1.29, 1.82) is 0 Å². The van der Waals surface area contributed by atoms with Gasteiger partial charge < -0.3 is 14.8 Å². The summed E-state index contributed by atoms with van der Waals surface area (Å²) in [6, 6.07) is 10.3. The average Bonchev–Trinajstić information content (AvgIpc) is 3.23. The molecule has 1 amide bonds. The van der Waals surface area contributed by atoms with Crippen LogP contribution in [0.5, 0.6) is 11.5 Å². The smallest absolute Gasteiger partial charge is 0.306 e. The number of nitrogens with one attached hydrogen (secondary N) is 1. The number of amides is 1. The standard InChI is InChI=1S/C23H24FN5O5S/c1-5-12-28-21(14(2)34-18-9-7-17(33-4)8-10-18)26-27-23(28)35-15(3)22(30)25-16-6-11-19(24)20(13-16)29(31)32/h5-11,13-15H,1,12H2,2-4H3,(H,25,30). The Kier molecular flexibility index (Phi) is 8.42. The van der Waals surface area contributed by atoms with Crippen LogP contribution in [0, 0.1) is 15.9 Å². The lowest BCUT2D eigenvalue weighted by Crippen LogP contribution is -2.23. The number of nitro benzene ring substituents is 1. The van der Waals surface area contributed by atoms with Gasteiger partial charge in [-0.3, -0.25) is 19.5 Å². The Morgan fingerprint density at radius 3 is 2.57 bits per heavy atom. The molecule has 0 bridgehead atoms. The molecule has 0 aliphatic rings. The van der Waals surface area contributed by atoms with Gasteiger partial charge in [0, 0.05) is 18.3 Å². The summed E-state index contributed by atoms with van der Waals surface area (Å²) in [5.74, 6) is 0.465. The van der Waals surface area contributed by atoms with Gasteiger partial charge in [0.05, 0.1) is 17.3 Å². The molecule has 0 saturated heterocycles. The normalized spacial score (nSPS) is 12.5. The number of hydrogen-bond acceptors (Lipinski definition) is 8. The third-order valence-electron chi connectivity index (χ3n) is 4.85. The van der Waals surface area contributed by atoms with E-state index < -0.39 is 33.7 Å². The summed E-state index contributed by atoms with van der Waals surface area (Å²) in [5.41, 5.74) is -0.602. The maximum absolute atomic E-state index is 13.6. The fraction of sp³-hybridized carbons (Fsp3) is 0.261. The minimum atomic E-state index is -0.980. The third kappa shape index (κ3) is 6.35. The number of carbonyl (C=O) groups is 1. The topological polar surface area (TPSA) is 121 Å². The molecule has 0 aliphatic carbocycles. The van der Waals surface area contributed by atoms with Gasteiger partial charge in [-0.1, -0.05) is 17.8 Å². The van der Waals surface area contributed by atoms with Crippen LogP contribution in [-0.2, 0) is 11.3 Å². The molecule has 3 rings (SSSR count). The van der Waals surface area contributed by atoms with E-state index in [0.29, 0.717) is 29.0 Å². The van der Waals surface area contributed by atoms with Crippen LogP contribution in [0.25, 0.3) is 0 Å². The van der Waals surface area contributed by atoms with Crippen LogP contribution < -0.4 is 14.8 Å². The molecular formula is C23H24FN5O5S. The van der Waals surface area contributed by atoms with E-state index in [1.54, 1.807) is 48.9 Å². The summed E-state index contributed by atoms with van der Waals surface area (Å²) in [6.07, 6.45) is 1.23. The Bertz CT molecular complexity index is 1220. The third-order valence-corrected chi connectivity index (χ3v) is 5.94. The van der Waals surface area contributed by atoms with Crippen LogP contribution in [-0.4, -0.2) is 38.0 Å². The largest absolute Gasteiger partial charge is 0.497 e. The van der Waals surface area contributed by atoms with Crippen LogP contribution in [0.3, 0.4) is 0 Å². The molecule has 1 N–H and O–H groups in total. The van der Waals surface area contributed by atoms with Gasteiger partial charge in [0.15, 0.2) is 17.1 Å². The van der Waals surface area contributed by atoms with Crippen molar-refractivity contribution in [2.75, 3.05) is 12.4 Å². The SMILES string of the molecule is C=CCn1c(SC(C)C(=O)Nc2ccc(F)c([N+](=O)[O-])c2)nnc1C(C)Oc1ccc(OC)cc1. The van der Waals surface area contributed by atoms with Gasteiger partial charge in [-0.15, -0.1) is 16.8 Å². The van der Waals surface area contributed by atoms with Crippen molar-refractivity contribution in [3.63, 3.8) is 0 Å². The number of methoxy groups -OCH3 is 1. The number of benzene rings is 2. The Morgan fingerprint density at radius 2 is 1.94 bits per heavy atom. The van der Waals surface area contributed by atoms with Crippen molar-refractivity contribution in [1.82, 2.24) is 14.8 Å². The van der Waals surface area contributed by atoms with Crippen molar-refractivity contribution in [3.8, 4) is 11.5 Å². The van der Waals surface area contributed by atoms with Crippen LogP contribution >= 0.6 is 11.8 Å². The molecule has 12 heteroatoms. The molecule has 0 aliphatic heterocycles. The predicted molar refractivity (Wildman–Crippen MR) is 129 cm³/mol. The zero-order valence-electron chi connectivity index (χ0n) is 19.3. The molecule has 184 valence electrons. The first-order chi connectivity index (χ1) is 16.7. The molecule has 0 fully saturated rings. The Balaban J connectivity index is 1.72. The number of ether oxygens (including phenoxy) is 2. The first-order valence-electron chi connectivity index (χ1n) is 10.5. The van der Waals surface area contributed by atoms with Crippen molar-refractivity contribution in [2.24, 2.45) is 0 Å². The molecule has 1 heterocycles. The molecule has 0 spiro atoms. The lowest BCUT2D eigenvalue weighted by atomic mass is 10.2. The van der Waals surface area contributed by atoms with Crippen LogP contribution in [0.4, 0.5) is 15.8 Å². The van der Waals surface area contributed by atoms with E-state index in [9.17, 15) is 19.3 Å². The molecule has 0 saturated carbocycles. The van der Waals surface area contributed by atoms with Gasteiger partial charge in [-0.25, -0.2) is 0 Å². The fourth-order valence-corrected chi connectivity index (χ4v) is 3.95. The number of hydrogen-bond donors (Lipinski definition) is 1. The van der Waals surface area contributed by atoms with E-state index in [2.05, 4.69) is 22.1 Å². The van der Waals surface area contributed by atoms with Gasteiger partial charge in [-0.2, -0.15) is 4.39 Å². The second kappa shape index (κ2) is 11.5. The predicted octanol–water partition coefficient (Wildman–Crippen LogP) is 4.78. The highest BCUT2D eigenvalue weighted by molar-refractivity contribution is 8.00. The van der Waals surface area contributed by atoms with E-state index >= 15 is 0 Å². The Morgan fingerprint density at radius 1 is 1.26 bits per heavy atom. The molecule has 2 unspecified atom stereocenters. The first-order valence-corrected chi connectivity index (χ1v) is 11.4. The van der Waals surface area contributed by atoms with Crippen LogP contribution in [0.15, 0.2) is 60.3 Å². The molecule has 35 heavy (non-hydrogen) atoms. The van der Waals surface area contributed by atoms with E-state index in [1.165, 1.54) is 6.07 Å². The molecule has 2 aromatic carbocycles. The van der Waals surface area contributed by atoms with Crippen molar-refractivity contribution in [3.05, 3.63) is 76.9 Å². The highest BCUT2D eigenvalue weighted by atomic mass is 32.2. The summed E-state index contributed by atoms with van der Waals surface area (Å²) >= 11 is 1.15. The molecular weight excluding hydrogens is 477 g/mol. The highest BCUT2D eigenvalue weighted by Crippen LogP contribution is 2.29. The molecule has 10 nitrogen and oxygen atoms in total. The van der Waals surface area contributed by atoms with Crippen molar-refractivity contribution in [2.45, 2.75) is 36.9 Å². The van der Waals surface area contributed by atoms with Gasteiger partial charge >= 0.3 is 5.69 Å². The Hall–Kier alpha value is -3.93. The van der Waals surface area contributed by atoms with E-state index in [4.69, 9.17) is 9.47 Å². The van der Waals surface area contributed by atoms with Crippen LogP contribution in [0.2, 0.25) is 0 Å². The maximum Gasteiger partial charge on any atom is 0.306 e. The molecule has 1 aromatic heterocycles. The molecule has 0 radical (unpaired) electrons. The summed E-state index contributed by atoms with van der Waals surface area (Å²) in [4.78, 5) is 22.8. The van der Waals surface area contributed by atoms with Gasteiger partial charge in [0.25, 0.3) is 0 Å². The summed E-state index contributed by atoms with van der Waals surface area (Å²) in [6.45, 7) is 7.65. The van der Waals surface area contributed by atoms with Crippen molar-refractivity contribution >= 4 is 29.0 Å². The maximum atomic E-state index is 13.6. The van der Waals surface area contributed by atoms with Gasteiger partial charge in [0.1, 0.15) is 11.5 Å². The minimum Gasteiger partial charge on any atom is -0.497 e. The van der Waals surface area contributed by atoms with E-state index in [1.807, 2.05) is 6.92 Å². The van der Waals surface area contributed by atoms with Gasteiger partial charge in [0.2, 0.25) is 11.7 Å². The zero-order chi connectivity index (χ0) is 25.5. The van der Waals surface area contributed by atoms with Crippen LogP contribution in [0.1, 0.15) is 25.8 Å². The van der Waals surface area contributed by atoms with Crippen molar-refractivity contribution < 1.29 is 23.6 Å². The number of anilines is 1. The van der Waals surface area contributed by atoms with Gasteiger partial charge in [-0.05, 0) is 50.2 Å². The summed E-state index contributed by atoms with van der Waals surface area (Å²) in [5, 5.41) is 21.8. The fourth-order valence-electron chi connectivity index (χ4n) is 3.09. The average molecular weight is 502 g/mol. The van der Waals surface area contributed by atoms with E-state index in [0.717, 1.165) is 23.9 Å². The second-order valence-corrected chi connectivity index (χ2v) is 8.66. The van der Waals surface area contributed by atoms with E-state index in [-0.39, 0.29) is 5.69 Å².